The van der Waals surface area contributed by atoms with Crippen molar-refractivity contribution in [2.24, 2.45) is 0 Å². The molecule has 0 spiro atoms. The van der Waals surface area contributed by atoms with Crippen LogP contribution in [0.4, 0.5) is 11.6 Å². The largest absolute Gasteiger partial charge is 0.463 e. The number of nitrogens with zero attached hydrogens (tertiary/aromatic N) is 4. The number of nitrogens with one attached hydrogen (secondary N) is 2. The zero-order valence-electron chi connectivity index (χ0n) is 13.3. The molecule has 1 fully saturated rings. The fraction of sp³-hybridized carbons (Fsp3) is 0.250. The van der Waals surface area contributed by atoms with Gasteiger partial charge in [-0.05, 0) is 12.1 Å². The Morgan fingerprint density at radius 1 is 1.24 bits per heavy atom. The number of H-pyrrole nitrogens is 1. The van der Waals surface area contributed by atoms with Crippen molar-refractivity contribution in [2.45, 2.75) is 0 Å². The molecular weight excluding hydrogens is 324 g/mol. The molecule has 4 rings (SSSR count). The third-order valence-corrected chi connectivity index (χ3v) is 3.83. The average Bonchev–Trinajstić information content (AvgIpc) is 3.34. The van der Waals surface area contributed by atoms with E-state index in [2.05, 4.69) is 30.4 Å². The lowest BCUT2D eigenvalue weighted by atomic mass is 10.3. The van der Waals surface area contributed by atoms with Crippen molar-refractivity contribution in [1.82, 2.24) is 20.2 Å². The van der Waals surface area contributed by atoms with Gasteiger partial charge in [-0.3, -0.25) is 9.89 Å². The number of anilines is 2. The highest BCUT2D eigenvalue weighted by Crippen LogP contribution is 2.19. The molecule has 1 amide bonds. The molecule has 0 radical (unpaired) electrons. The number of hydrogen-bond donors (Lipinski definition) is 2. The van der Waals surface area contributed by atoms with E-state index < -0.39 is 0 Å². The van der Waals surface area contributed by atoms with E-state index in [1.165, 1.54) is 6.33 Å². The average molecular weight is 340 g/mol. The Bertz CT molecular complexity index is 854. The van der Waals surface area contributed by atoms with Crippen LogP contribution in [0.5, 0.6) is 0 Å². The number of ether oxygens (including phenoxy) is 1. The lowest BCUT2D eigenvalue weighted by Crippen LogP contribution is -2.36. The monoisotopic (exact) mass is 340 g/mol. The van der Waals surface area contributed by atoms with E-state index in [9.17, 15) is 4.79 Å². The van der Waals surface area contributed by atoms with Crippen LogP contribution in [0.25, 0.3) is 11.5 Å². The Hall–Kier alpha value is -3.20. The third-order valence-electron chi connectivity index (χ3n) is 3.83. The van der Waals surface area contributed by atoms with Crippen molar-refractivity contribution in [2.75, 3.05) is 36.5 Å². The smallest absolute Gasteiger partial charge is 0.277 e. The van der Waals surface area contributed by atoms with Crippen molar-refractivity contribution in [3.05, 3.63) is 42.5 Å². The number of aromatic nitrogens is 4. The lowest BCUT2D eigenvalue weighted by Gasteiger charge is -2.27. The number of aromatic amines is 1. The predicted molar refractivity (Wildman–Crippen MR) is 89.3 cm³/mol. The molecule has 1 aliphatic heterocycles. The molecular formula is C16H16N6O3. The second-order valence-corrected chi connectivity index (χ2v) is 5.46. The summed E-state index contributed by atoms with van der Waals surface area (Å²) in [7, 11) is 0. The summed E-state index contributed by atoms with van der Waals surface area (Å²) in [5.74, 6) is 1.43. The summed E-state index contributed by atoms with van der Waals surface area (Å²) in [6.45, 7) is 2.84. The Balaban J connectivity index is 1.47. The molecule has 9 heteroatoms. The van der Waals surface area contributed by atoms with Gasteiger partial charge in [0.1, 0.15) is 23.7 Å². The van der Waals surface area contributed by atoms with Crippen LogP contribution in [-0.2, 0) is 4.74 Å². The number of hydrogen-bond acceptors (Lipinski definition) is 7. The molecule has 0 saturated carbocycles. The van der Waals surface area contributed by atoms with E-state index >= 15 is 0 Å². The van der Waals surface area contributed by atoms with Gasteiger partial charge in [0.25, 0.3) is 5.91 Å². The summed E-state index contributed by atoms with van der Waals surface area (Å²) in [4.78, 5) is 22.8. The van der Waals surface area contributed by atoms with E-state index in [0.717, 1.165) is 18.9 Å². The minimum atomic E-state index is -0.360. The Morgan fingerprint density at radius 2 is 2.12 bits per heavy atom. The number of rotatable bonds is 4. The number of morpholine rings is 1. The molecule has 0 aromatic carbocycles. The van der Waals surface area contributed by atoms with Gasteiger partial charge in [0.05, 0.1) is 19.5 Å². The molecule has 0 unspecified atom stereocenters. The van der Waals surface area contributed by atoms with Crippen LogP contribution >= 0.6 is 0 Å². The fourth-order valence-electron chi connectivity index (χ4n) is 2.56. The van der Waals surface area contributed by atoms with Gasteiger partial charge in [0.2, 0.25) is 0 Å². The third kappa shape index (κ3) is 3.36. The number of carbonyl (C=O) groups excluding carboxylic acids is 1. The van der Waals surface area contributed by atoms with E-state index in [-0.39, 0.29) is 11.6 Å². The maximum Gasteiger partial charge on any atom is 0.277 e. The maximum absolute atomic E-state index is 12.4. The highest BCUT2D eigenvalue weighted by molar-refractivity contribution is 6.03. The Kier molecular flexibility index (Phi) is 4.13. The number of amides is 1. The topological polar surface area (TPSA) is 109 Å². The second-order valence-electron chi connectivity index (χ2n) is 5.46. The van der Waals surface area contributed by atoms with Gasteiger partial charge in [0, 0.05) is 25.2 Å². The number of furan rings is 1. The summed E-state index contributed by atoms with van der Waals surface area (Å²) < 4.78 is 10.6. The van der Waals surface area contributed by atoms with Gasteiger partial charge in [-0.15, -0.1) is 0 Å². The lowest BCUT2D eigenvalue weighted by molar-refractivity contribution is 0.102. The van der Waals surface area contributed by atoms with Crippen LogP contribution in [0.2, 0.25) is 0 Å². The molecule has 0 bridgehead atoms. The van der Waals surface area contributed by atoms with Crippen molar-refractivity contribution in [3.63, 3.8) is 0 Å². The van der Waals surface area contributed by atoms with Crippen LogP contribution < -0.4 is 10.2 Å². The first kappa shape index (κ1) is 15.3. The van der Waals surface area contributed by atoms with Crippen LogP contribution in [0.3, 0.4) is 0 Å². The first-order valence-electron chi connectivity index (χ1n) is 7.85. The van der Waals surface area contributed by atoms with Crippen LogP contribution in [0.15, 0.2) is 41.3 Å². The molecule has 4 heterocycles. The van der Waals surface area contributed by atoms with Crippen molar-refractivity contribution >= 4 is 17.5 Å². The van der Waals surface area contributed by atoms with Gasteiger partial charge in [0.15, 0.2) is 11.5 Å². The summed E-state index contributed by atoms with van der Waals surface area (Å²) >= 11 is 0. The van der Waals surface area contributed by atoms with E-state index in [1.807, 2.05) is 0 Å². The summed E-state index contributed by atoms with van der Waals surface area (Å²) in [5, 5.41) is 9.53. The SMILES string of the molecule is O=C(Nc1cc(N2CCOCC2)ncn1)c1cc(-c2ccco2)[nH]n1. The molecule has 3 aromatic rings. The molecule has 1 aliphatic rings. The quantitative estimate of drug-likeness (QED) is 0.741. The molecule has 0 atom stereocenters. The van der Waals surface area contributed by atoms with Crippen molar-refractivity contribution < 1.29 is 13.9 Å². The van der Waals surface area contributed by atoms with Crippen LogP contribution in [-0.4, -0.2) is 52.4 Å². The van der Waals surface area contributed by atoms with Crippen LogP contribution in [0, 0.1) is 0 Å². The van der Waals surface area contributed by atoms with Gasteiger partial charge in [-0.25, -0.2) is 9.97 Å². The predicted octanol–water partition coefficient (Wildman–Crippen LogP) is 1.55. The Morgan fingerprint density at radius 3 is 2.92 bits per heavy atom. The summed E-state index contributed by atoms with van der Waals surface area (Å²) in [6.07, 6.45) is 2.99. The van der Waals surface area contributed by atoms with Gasteiger partial charge in [-0.1, -0.05) is 0 Å². The fourth-order valence-corrected chi connectivity index (χ4v) is 2.56. The minimum absolute atomic E-state index is 0.248. The molecule has 9 nitrogen and oxygen atoms in total. The molecule has 0 aliphatic carbocycles. The highest BCUT2D eigenvalue weighted by atomic mass is 16.5. The van der Waals surface area contributed by atoms with Crippen molar-refractivity contribution in [1.29, 1.82) is 0 Å². The molecule has 3 aromatic heterocycles. The second kappa shape index (κ2) is 6.73. The summed E-state index contributed by atoms with van der Waals surface area (Å²) in [5.41, 5.74) is 0.879. The van der Waals surface area contributed by atoms with Gasteiger partial charge >= 0.3 is 0 Å². The Labute approximate surface area is 143 Å². The van der Waals surface area contributed by atoms with Crippen LogP contribution in [0.1, 0.15) is 10.5 Å². The van der Waals surface area contributed by atoms with E-state index in [0.29, 0.717) is 30.5 Å². The van der Waals surface area contributed by atoms with E-state index in [1.54, 1.807) is 30.5 Å². The normalized spacial score (nSPS) is 14.5. The standard InChI is InChI=1S/C16H16N6O3/c23-16(12-8-11(20-21-12)13-2-1-5-25-13)19-14-9-15(18-10-17-14)22-3-6-24-7-4-22/h1-2,5,8-10H,3-4,6-7H2,(H,20,21)(H,17,18,19,23). The van der Waals surface area contributed by atoms with E-state index in [4.69, 9.17) is 9.15 Å². The molecule has 25 heavy (non-hydrogen) atoms. The first-order valence-corrected chi connectivity index (χ1v) is 7.85. The van der Waals surface area contributed by atoms with Gasteiger partial charge < -0.3 is 19.4 Å². The highest BCUT2D eigenvalue weighted by Gasteiger charge is 2.16. The molecule has 128 valence electrons. The maximum atomic E-state index is 12.4. The first-order chi connectivity index (χ1) is 12.3. The minimum Gasteiger partial charge on any atom is -0.463 e. The summed E-state index contributed by atoms with van der Waals surface area (Å²) in [6, 6.07) is 6.92. The zero-order valence-corrected chi connectivity index (χ0v) is 13.3. The zero-order chi connectivity index (χ0) is 17.1. The number of carbonyl (C=O) groups is 1. The van der Waals surface area contributed by atoms with Gasteiger partial charge in [-0.2, -0.15) is 5.10 Å². The molecule has 2 N–H and O–H groups in total. The van der Waals surface area contributed by atoms with Crippen molar-refractivity contribution in [3.8, 4) is 11.5 Å². The molecule has 1 saturated heterocycles.